The van der Waals surface area contributed by atoms with Gasteiger partial charge in [-0.05, 0) is 25.6 Å². The molecule has 0 N–H and O–H groups in total. The summed E-state index contributed by atoms with van der Waals surface area (Å²) >= 11 is 0. The van der Waals surface area contributed by atoms with Gasteiger partial charge in [0.15, 0.2) is 0 Å². The average Bonchev–Trinajstić information content (AvgIpc) is 2.77. The van der Waals surface area contributed by atoms with Gasteiger partial charge in [0.25, 0.3) is 0 Å². The first kappa shape index (κ1) is 10.7. The SMILES string of the molecule is CC1C=C1.CCN(CC)CC. The van der Waals surface area contributed by atoms with Crippen LogP contribution in [-0.2, 0) is 0 Å². The van der Waals surface area contributed by atoms with Crippen LogP contribution in [-0.4, -0.2) is 24.5 Å². The smallest absolute Gasteiger partial charge is 0.00474 e. The van der Waals surface area contributed by atoms with Gasteiger partial charge in [-0.25, -0.2) is 0 Å². The van der Waals surface area contributed by atoms with Gasteiger partial charge in [0.2, 0.25) is 0 Å². The molecule has 0 aromatic carbocycles. The van der Waals surface area contributed by atoms with Gasteiger partial charge in [0.1, 0.15) is 0 Å². The lowest BCUT2D eigenvalue weighted by Gasteiger charge is -2.13. The first-order chi connectivity index (χ1) is 5.24. The molecule has 0 aromatic heterocycles. The molecule has 66 valence electrons. The molecule has 0 radical (unpaired) electrons. The van der Waals surface area contributed by atoms with Gasteiger partial charge in [-0.2, -0.15) is 0 Å². The Morgan fingerprint density at radius 3 is 1.27 bits per heavy atom. The van der Waals surface area contributed by atoms with Crippen LogP contribution in [0.1, 0.15) is 27.7 Å². The van der Waals surface area contributed by atoms with Crippen molar-refractivity contribution in [2.75, 3.05) is 19.6 Å². The zero-order chi connectivity index (χ0) is 8.69. The lowest BCUT2D eigenvalue weighted by Crippen LogP contribution is -2.21. The Balaban J connectivity index is 0.000000207. The highest BCUT2D eigenvalue weighted by molar-refractivity contribution is 5.10. The van der Waals surface area contributed by atoms with Gasteiger partial charge in [0, 0.05) is 0 Å². The fraction of sp³-hybridized carbons (Fsp3) is 0.800. The molecule has 0 heterocycles. The Bertz CT molecular complexity index is 91.9. The van der Waals surface area contributed by atoms with Crippen molar-refractivity contribution in [3.05, 3.63) is 12.2 Å². The van der Waals surface area contributed by atoms with E-state index in [0.717, 1.165) is 5.92 Å². The van der Waals surface area contributed by atoms with E-state index in [4.69, 9.17) is 0 Å². The molecule has 0 aliphatic heterocycles. The molecule has 0 atom stereocenters. The molecule has 1 heteroatoms. The predicted octanol–water partition coefficient (Wildman–Crippen LogP) is 2.54. The van der Waals surface area contributed by atoms with Crippen LogP contribution < -0.4 is 0 Å². The van der Waals surface area contributed by atoms with E-state index in [1.807, 2.05) is 0 Å². The zero-order valence-corrected chi connectivity index (χ0v) is 8.30. The standard InChI is InChI=1S/C6H15N.C4H6/c1-4-7(5-2)6-3;1-4-2-3-4/h4-6H2,1-3H3;2-4H,1H3. The van der Waals surface area contributed by atoms with E-state index in [9.17, 15) is 0 Å². The van der Waals surface area contributed by atoms with E-state index in [-0.39, 0.29) is 0 Å². The summed E-state index contributed by atoms with van der Waals surface area (Å²) in [5, 5.41) is 0. The number of hydrogen-bond acceptors (Lipinski definition) is 1. The van der Waals surface area contributed by atoms with Crippen molar-refractivity contribution in [2.24, 2.45) is 5.92 Å². The maximum absolute atomic E-state index is 2.38. The molecule has 0 saturated carbocycles. The van der Waals surface area contributed by atoms with Crippen LogP contribution in [0.15, 0.2) is 12.2 Å². The molecule has 1 aliphatic carbocycles. The number of hydrogen-bond donors (Lipinski definition) is 0. The third-order valence-electron chi connectivity index (χ3n) is 1.92. The molecule has 0 amide bonds. The molecule has 1 aliphatic rings. The second kappa shape index (κ2) is 6.41. The van der Waals surface area contributed by atoms with Crippen LogP contribution in [0.3, 0.4) is 0 Å². The molecule has 0 saturated heterocycles. The lowest BCUT2D eigenvalue weighted by molar-refractivity contribution is 0.321. The van der Waals surface area contributed by atoms with Crippen molar-refractivity contribution in [2.45, 2.75) is 27.7 Å². The van der Waals surface area contributed by atoms with Gasteiger partial charge >= 0.3 is 0 Å². The van der Waals surface area contributed by atoms with Gasteiger partial charge in [0.05, 0.1) is 0 Å². The van der Waals surface area contributed by atoms with Gasteiger partial charge in [-0.1, -0.05) is 39.8 Å². The molecule has 0 fully saturated rings. The minimum absolute atomic E-state index is 0.833. The van der Waals surface area contributed by atoms with Crippen LogP contribution in [0.25, 0.3) is 0 Å². The second-order valence-corrected chi connectivity index (χ2v) is 2.86. The number of rotatable bonds is 3. The van der Waals surface area contributed by atoms with E-state index >= 15 is 0 Å². The Hall–Kier alpha value is -0.300. The quantitative estimate of drug-likeness (QED) is 0.566. The summed E-state index contributed by atoms with van der Waals surface area (Å²) in [6, 6.07) is 0. The minimum Gasteiger partial charge on any atom is -0.304 e. The van der Waals surface area contributed by atoms with Crippen molar-refractivity contribution in [3.8, 4) is 0 Å². The molecule has 0 bridgehead atoms. The molecule has 1 nitrogen and oxygen atoms in total. The lowest BCUT2D eigenvalue weighted by atomic mass is 10.5. The third kappa shape index (κ3) is 7.60. The monoisotopic (exact) mass is 155 g/mol. The van der Waals surface area contributed by atoms with Crippen LogP contribution >= 0.6 is 0 Å². The van der Waals surface area contributed by atoms with Crippen molar-refractivity contribution in [1.29, 1.82) is 0 Å². The van der Waals surface area contributed by atoms with Crippen molar-refractivity contribution in [3.63, 3.8) is 0 Å². The second-order valence-electron chi connectivity index (χ2n) is 2.86. The predicted molar refractivity (Wildman–Crippen MR) is 51.8 cm³/mol. The fourth-order valence-electron chi connectivity index (χ4n) is 0.782. The molecule has 0 unspecified atom stereocenters. The summed E-state index contributed by atoms with van der Waals surface area (Å²) in [4.78, 5) is 2.38. The highest BCUT2D eigenvalue weighted by Gasteiger charge is 1.97. The third-order valence-corrected chi connectivity index (χ3v) is 1.92. The number of allylic oxidation sites excluding steroid dienone is 2. The van der Waals surface area contributed by atoms with E-state index in [2.05, 4.69) is 44.7 Å². The molecule has 1 rings (SSSR count). The normalized spacial score (nSPS) is 14.6. The summed E-state index contributed by atoms with van der Waals surface area (Å²) in [5.41, 5.74) is 0. The molecular weight excluding hydrogens is 134 g/mol. The minimum atomic E-state index is 0.833. The zero-order valence-electron chi connectivity index (χ0n) is 8.30. The largest absolute Gasteiger partial charge is 0.304 e. The summed E-state index contributed by atoms with van der Waals surface area (Å²) in [6.45, 7) is 12.3. The average molecular weight is 155 g/mol. The van der Waals surface area contributed by atoms with Crippen molar-refractivity contribution in [1.82, 2.24) is 4.90 Å². The van der Waals surface area contributed by atoms with E-state index in [0.29, 0.717) is 0 Å². The van der Waals surface area contributed by atoms with Gasteiger partial charge < -0.3 is 4.90 Å². The first-order valence-electron chi connectivity index (χ1n) is 4.65. The summed E-state index contributed by atoms with van der Waals surface area (Å²) < 4.78 is 0. The highest BCUT2D eigenvalue weighted by atomic mass is 15.1. The van der Waals surface area contributed by atoms with E-state index in [1.54, 1.807) is 0 Å². The Morgan fingerprint density at radius 1 is 1.00 bits per heavy atom. The van der Waals surface area contributed by atoms with Crippen LogP contribution in [0, 0.1) is 5.92 Å². The number of nitrogens with zero attached hydrogens (tertiary/aromatic N) is 1. The van der Waals surface area contributed by atoms with Crippen molar-refractivity contribution < 1.29 is 0 Å². The Labute approximate surface area is 71.1 Å². The summed E-state index contributed by atoms with van der Waals surface area (Å²) in [7, 11) is 0. The maximum atomic E-state index is 2.38. The Kier molecular flexibility index (Phi) is 6.24. The molecule has 0 aromatic rings. The Morgan fingerprint density at radius 2 is 1.27 bits per heavy atom. The summed E-state index contributed by atoms with van der Waals surface area (Å²) in [6.07, 6.45) is 4.33. The van der Waals surface area contributed by atoms with Crippen molar-refractivity contribution >= 4 is 0 Å². The molecule has 0 spiro atoms. The van der Waals surface area contributed by atoms with Gasteiger partial charge in [-0.3, -0.25) is 0 Å². The summed E-state index contributed by atoms with van der Waals surface area (Å²) in [5.74, 6) is 0.833. The maximum Gasteiger partial charge on any atom is -0.00474 e. The van der Waals surface area contributed by atoms with Gasteiger partial charge in [-0.15, -0.1) is 0 Å². The van der Waals surface area contributed by atoms with E-state index < -0.39 is 0 Å². The highest BCUT2D eigenvalue weighted by Crippen LogP contribution is 2.11. The molecule has 11 heavy (non-hydrogen) atoms. The van der Waals surface area contributed by atoms with Crippen LogP contribution in [0.5, 0.6) is 0 Å². The van der Waals surface area contributed by atoms with Crippen LogP contribution in [0.4, 0.5) is 0 Å². The van der Waals surface area contributed by atoms with E-state index in [1.165, 1.54) is 19.6 Å². The van der Waals surface area contributed by atoms with Crippen LogP contribution in [0.2, 0.25) is 0 Å². The first-order valence-corrected chi connectivity index (χ1v) is 4.65. The fourth-order valence-corrected chi connectivity index (χ4v) is 0.782. The molecular formula is C10H21N. The topological polar surface area (TPSA) is 3.24 Å².